The second-order valence-electron chi connectivity index (χ2n) is 9.74. The molecule has 0 heterocycles. The molecular weight excluding hydrogens is 646 g/mol. The van der Waals surface area contributed by atoms with Crippen molar-refractivity contribution in [3.8, 4) is 0 Å². The lowest BCUT2D eigenvalue weighted by Gasteiger charge is -2.33. The zero-order valence-corrected chi connectivity index (χ0v) is 26.2. The van der Waals surface area contributed by atoms with Gasteiger partial charge in [-0.3, -0.25) is 13.9 Å². The van der Waals surface area contributed by atoms with E-state index in [0.29, 0.717) is 12.2 Å². The van der Waals surface area contributed by atoms with Crippen molar-refractivity contribution in [3.05, 3.63) is 98.9 Å². The van der Waals surface area contributed by atoms with Gasteiger partial charge in [-0.05, 0) is 53.4 Å². The first-order valence-corrected chi connectivity index (χ1v) is 16.0. The Morgan fingerprint density at radius 2 is 1.51 bits per heavy atom. The smallest absolute Gasteiger partial charge is 0.244 e. The molecule has 0 unspecified atom stereocenters. The van der Waals surface area contributed by atoms with Crippen molar-refractivity contribution in [2.24, 2.45) is 5.92 Å². The van der Waals surface area contributed by atoms with Gasteiger partial charge in [-0.15, -0.1) is 0 Å². The average Bonchev–Trinajstić information content (AvgIpc) is 2.88. The van der Waals surface area contributed by atoms with Gasteiger partial charge in [0.05, 0.1) is 11.9 Å². The highest BCUT2D eigenvalue weighted by Gasteiger charge is 2.33. The van der Waals surface area contributed by atoms with Crippen molar-refractivity contribution in [2.75, 3.05) is 23.7 Å². The summed E-state index contributed by atoms with van der Waals surface area (Å²) in [7, 11) is -3.80. The fourth-order valence-corrected chi connectivity index (χ4v) is 5.59. The first-order chi connectivity index (χ1) is 18.4. The monoisotopic (exact) mass is 677 g/mol. The topological polar surface area (TPSA) is 86.8 Å². The van der Waals surface area contributed by atoms with Gasteiger partial charge in [0.1, 0.15) is 12.6 Å². The van der Waals surface area contributed by atoms with Crippen LogP contribution in [0, 0.1) is 5.92 Å². The second-order valence-corrected chi connectivity index (χ2v) is 13.5. The number of halogens is 2. The van der Waals surface area contributed by atoms with Crippen LogP contribution in [-0.2, 0) is 32.6 Å². The van der Waals surface area contributed by atoms with E-state index in [1.807, 2.05) is 68.4 Å². The zero-order valence-electron chi connectivity index (χ0n) is 22.2. The van der Waals surface area contributed by atoms with E-state index < -0.39 is 28.5 Å². The Balaban J connectivity index is 2.04. The van der Waals surface area contributed by atoms with Crippen molar-refractivity contribution in [1.82, 2.24) is 10.2 Å². The van der Waals surface area contributed by atoms with E-state index in [2.05, 4.69) is 37.2 Å². The lowest BCUT2D eigenvalue weighted by Crippen LogP contribution is -2.53. The standard InChI is InChI=1S/C29H33Br2N3O4S/c1-21(2)18-32-29(36)27(17-22-8-5-4-6-9-22)33(19-23-10-7-11-25(31)16-23)28(35)20-34(39(3,37)38)26-14-12-24(30)13-15-26/h4-16,21,27H,17-20H2,1-3H3,(H,32,36)/t27-/m0/s1. The third-order valence-corrected chi connectivity index (χ3v) is 8.15. The van der Waals surface area contributed by atoms with Crippen LogP contribution in [0.1, 0.15) is 25.0 Å². The number of hydrogen-bond acceptors (Lipinski definition) is 4. The third-order valence-electron chi connectivity index (χ3n) is 5.99. The van der Waals surface area contributed by atoms with E-state index in [1.165, 1.54) is 4.90 Å². The molecule has 39 heavy (non-hydrogen) atoms. The molecular formula is C29H33Br2N3O4S. The Hall–Kier alpha value is -2.69. The van der Waals surface area contributed by atoms with Crippen LogP contribution in [0.2, 0.25) is 0 Å². The van der Waals surface area contributed by atoms with Gasteiger partial charge in [0.15, 0.2) is 0 Å². The van der Waals surface area contributed by atoms with E-state index >= 15 is 0 Å². The highest BCUT2D eigenvalue weighted by molar-refractivity contribution is 9.10. The van der Waals surface area contributed by atoms with Gasteiger partial charge in [0, 0.05) is 28.5 Å². The van der Waals surface area contributed by atoms with Gasteiger partial charge >= 0.3 is 0 Å². The molecule has 2 amide bonds. The minimum atomic E-state index is -3.80. The maximum Gasteiger partial charge on any atom is 0.244 e. The Morgan fingerprint density at radius 3 is 2.10 bits per heavy atom. The first kappa shape index (κ1) is 30.8. The van der Waals surface area contributed by atoms with Crippen LogP contribution >= 0.6 is 31.9 Å². The molecule has 10 heteroatoms. The summed E-state index contributed by atoms with van der Waals surface area (Å²) in [5.41, 5.74) is 2.06. The molecule has 0 aromatic heterocycles. The number of carbonyl (C=O) groups is 2. The largest absolute Gasteiger partial charge is 0.354 e. The number of anilines is 1. The summed E-state index contributed by atoms with van der Waals surface area (Å²) < 4.78 is 28.3. The number of amides is 2. The Bertz CT molecular complexity index is 1370. The molecule has 0 saturated heterocycles. The molecule has 0 fully saturated rings. The van der Waals surface area contributed by atoms with Crippen LogP contribution in [-0.4, -0.2) is 50.5 Å². The zero-order chi connectivity index (χ0) is 28.6. The predicted molar refractivity (Wildman–Crippen MR) is 163 cm³/mol. The Labute approximate surface area is 247 Å². The van der Waals surface area contributed by atoms with Gasteiger partial charge in [-0.2, -0.15) is 0 Å². The quantitative estimate of drug-likeness (QED) is 0.278. The fraction of sp³-hybridized carbons (Fsp3) is 0.310. The molecule has 0 aliphatic carbocycles. The van der Waals surface area contributed by atoms with Crippen molar-refractivity contribution in [2.45, 2.75) is 32.9 Å². The summed E-state index contributed by atoms with van der Waals surface area (Å²) >= 11 is 6.84. The molecule has 0 aliphatic rings. The molecule has 0 aliphatic heterocycles. The van der Waals surface area contributed by atoms with Gasteiger partial charge in [0.2, 0.25) is 21.8 Å². The molecule has 3 aromatic rings. The molecule has 1 N–H and O–H groups in total. The Morgan fingerprint density at radius 1 is 0.872 bits per heavy atom. The van der Waals surface area contributed by atoms with Crippen LogP contribution < -0.4 is 9.62 Å². The van der Waals surface area contributed by atoms with Crippen LogP contribution in [0.3, 0.4) is 0 Å². The van der Waals surface area contributed by atoms with Gasteiger partial charge < -0.3 is 10.2 Å². The highest BCUT2D eigenvalue weighted by Crippen LogP contribution is 2.23. The number of benzene rings is 3. The molecule has 0 spiro atoms. The number of rotatable bonds is 12. The minimum Gasteiger partial charge on any atom is -0.354 e. The van der Waals surface area contributed by atoms with Gasteiger partial charge in [-0.25, -0.2) is 8.42 Å². The molecule has 1 atom stereocenters. The van der Waals surface area contributed by atoms with Crippen molar-refractivity contribution >= 4 is 59.4 Å². The van der Waals surface area contributed by atoms with Gasteiger partial charge in [-0.1, -0.05) is 88.2 Å². The maximum atomic E-state index is 14.0. The number of nitrogens with one attached hydrogen (secondary N) is 1. The van der Waals surface area contributed by atoms with Crippen molar-refractivity contribution < 1.29 is 18.0 Å². The maximum absolute atomic E-state index is 14.0. The summed E-state index contributed by atoms with van der Waals surface area (Å²) in [5, 5.41) is 2.98. The summed E-state index contributed by atoms with van der Waals surface area (Å²) in [6.45, 7) is 4.13. The summed E-state index contributed by atoms with van der Waals surface area (Å²) in [4.78, 5) is 29.1. The summed E-state index contributed by atoms with van der Waals surface area (Å²) in [6, 6.07) is 22.8. The van der Waals surface area contributed by atoms with Crippen molar-refractivity contribution in [3.63, 3.8) is 0 Å². The molecule has 208 valence electrons. The van der Waals surface area contributed by atoms with Crippen molar-refractivity contribution in [1.29, 1.82) is 0 Å². The number of hydrogen-bond donors (Lipinski definition) is 1. The molecule has 3 rings (SSSR count). The van der Waals surface area contributed by atoms with E-state index in [-0.39, 0.29) is 24.8 Å². The van der Waals surface area contributed by atoms with E-state index in [4.69, 9.17) is 0 Å². The molecule has 0 bridgehead atoms. The molecule has 0 saturated carbocycles. The SMILES string of the molecule is CC(C)CNC(=O)[C@H](Cc1ccccc1)N(Cc1cccc(Br)c1)C(=O)CN(c1ccc(Br)cc1)S(C)(=O)=O. The van der Waals surface area contributed by atoms with Crippen LogP contribution in [0.25, 0.3) is 0 Å². The normalized spacial score (nSPS) is 12.2. The number of carbonyl (C=O) groups excluding carboxylic acids is 2. The number of sulfonamides is 1. The van der Waals surface area contributed by atoms with E-state index in [0.717, 1.165) is 30.6 Å². The average molecular weight is 679 g/mol. The lowest BCUT2D eigenvalue weighted by molar-refractivity contribution is -0.140. The van der Waals surface area contributed by atoms with Crippen LogP contribution in [0.15, 0.2) is 87.8 Å². The summed E-state index contributed by atoms with van der Waals surface area (Å²) in [6.07, 6.45) is 1.35. The fourth-order valence-electron chi connectivity index (χ4n) is 4.03. The van der Waals surface area contributed by atoms with Gasteiger partial charge in [0.25, 0.3) is 0 Å². The molecule has 0 radical (unpaired) electrons. The molecule has 7 nitrogen and oxygen atoms in total. The van der Waals surface area contributed by atoms with E-state index in [9.17, 15) is 18.0 Å². The predicted octanol–water partition coefficient (Wildman–Crippen LogP) is 5.39. The highest BCUT2D eigenvalue weighted by atomic mass is 79.9. The van der Waals surface area contributed by atoms with E-state index in [1.54, 1.807) is 24.3 Å². The van der Waals surface area contributed by atoms with Crippen LogP contribution in [0.5, 0.6) is 0 Å². The Kier molecular flexibility index (Phi) is 11.1. The minimum absolute atomic E-state index is 0.128. The van der Waals surface area contributed by atoms with Crippen LogP contribution in [0.4, 0.5) is 5.69 Å². The first-order valence-electron chi connectivity index (χ1n) is 12.5. The second kappa shape index (κ2) is 14.1. The number of nitrogens with zero attached hydrogens (tertiary/aromatic N) is 2. The molecule has 3 aromatic carbocycles. The lowest BCUT2D eigenvalue weighted by atomic mass is 10.0. The third kappa shape index (κ3) is 9.47. The summed E-state index contributed by atoms with van der Waals surface area (Å²) in [5.74, 6) is -0.548.